The van der Waals surface area contributed by atoms with Crippen LogP contribution in [0.5, 0.6) is 0 Å². The molecule has 0 atom stereocenters. The van der Waals surface area contributed by atoms with E-state index in [0.29, 0.717) is 0 Å². The average Bonchev–Trinajstić information content (AvgIpc) is 2.20. The van der Waals surface area contributed by atoms with Crippen LogP contribution in [0, 0.1) is 5.82 Å². The Morgan fingerprint density at radius 1 is 1.38 bits per heavy atom. The predicted octanol–water partition coefficient (Wildman–Crippen LogP) is 0.486. The first-order chi connectivity index (χ1) is 7.44. The van der Waals surface area contributed by atoms with Crippen LogP contribution in [-0.2, 0) is 20.4 Å². The van der Waals surface area contributed by atoms with Gasteiger partial charge in [0.05, 0.1) is 5.75 Å². The number of hydrogen-bond donors (Lipinski definition) is 1. The topological polar surface area (TPSA) is 63.2 Å². The Balaban J connectivity index is 2.81. The van der Waals surface area contributed by atoms with Gasteiger partial charge in [-0.1, -0.05) is 18.2 Å². The van der Waals surface area contributed by atoms with Crippen molar-refractivity contribution >= 4 is 15.7 Å². The first kappa shape index (κ1) is 12.6. The minimum absolute atomic E-state index is 0.0754. The van der Waals surface area contributed by atoms with Crippen LogP contribution in [0.25, 0.3) is 0 Å². The van der Waals surface area contributed by atoms with Crippen molar-refractivity contribution in [2.24, 2.45) is 0 Å². The third-order valence-corrected chi connectivity index (χ3v) is 3.42. The van der Waals surface area contributed by atoms with Gasteiger partial charge in [-0.25, -0.2) is 12.8 Å². The van der Waals surface area contributed by atoms with Crippen LogP contribution < -0.4 is 5.32 Å². The predicted molar refractivity (Wildman–Crippen MR) is 58.0 cm³/mol. The van der Waals surface area contributed by atoms with Gasteiger partial charge in [0, 0.05) is 12.6 Å². The molecule has 0 aliphatic heterocycles. The Morgan fingerprint density at radius 3 is 2.56 bits per heavy atom. The monoisotopic (exact) mass is 245 g/mol. The first-order valence-electron chi connectivity index (χ1n) is 4.59. The molecule has 1 amide bonds. The molecule has 0 saturated heterocycles. The highest BCUT2D eigenvalue weighted by atomic mass is 32.2. The van der Waals surface area contributed by atoms with E-state index in [-0.39, 0.29) is 5.56 Å². The van der Waals surface area contributed by atoms with Crippen LogP contribution in [-0.4, -0.2) is 27.1 Å². The summed E-state index contributed by atoms with van der Waals surface area (Å²) in [6.45, 7) is 0. The highest BCUT2D eigenvalue weighted by molar-refractivity contribution is 7.91. The fraction of sp³-hybridized carbons (Fsp3) is 0.300. The molecule has 0 bridgehead atoms. The van der Waals surface area contributed by atoms with Crippen molar-refractivity contribution < 1.29 is 17.6 Å². The number of sulfone groups is 1. The van der Waals surface area contributed by atoms with Crippen molar-refractivity contribution in [3.05, 3.63) is 35.6 Å². The molecule has 1 aromatic rings. The second kappa shape index (κ2) is 5.07. The van der Waals surface area contributed by atoms with Crippen LogP contribution >= 0.6 is 0 Å². The quantitative estimate of drug-likeness (QED) is 0.839. The second-order valence-electron chi connectivity index (χ2n) is 3.30. The molecule has 0 saturated carbocycles. The minimum Gasteiger partial charge on any atom is -0.358 e. The van der Waals surface area contributed by atoms with Gasteiger partial charge < -0.3 is 5.32 Å². The average molecular weight is 245 g/mol. The standard InChI is InChI=1S/C10H12FNO3S/c1-12-10(13)7-16(14,15)6-8-4-2-3-5-9(8)11/h2-5H,6-7H2,1H3,(H,12,13). The van der Waals surface area contributed by atoms with Crippen molar-refractivity contribution in [2.75, 3.05) is 12.8 Å². The van der Waals surface area contributed by atoms with E-state index >= 15 is 0 Å². The molecule has 0 fully saturated rings. The van der Waals surface area contributed by atoms with Crippen molar-refractivity contribution in [1.29, 1.82) is 0 Å². The number of hydrogen-bond acceptors (Lipinski definition) is 3. The van der Waals surface area contributed by atoms with Crippen molar-refractivity contribution in [3.63, 3.8) is 0 Å². The molecule has 0 heterocycles. The van der Waals surface area contributed by atoms with Gasteiger partial charge in [-0.15, -0.1) is 0 Å². The number of carbonyl (C=O) groups excluding carboxylic acids is 1. The van der Waals surface area contributed by atoms with Crippen molar-refractivity contribution in [2.45, 2.75) is 5.75 Å². The molecule has 16 heavy (non-hydrogen) atoms. The maximum Gasteiger partial charge on any atom is 0.234 e. The van der Waals surface area contributed by atoms with E-state index in [1.165, 1.54) is 25.2 Å². The number of amides is 1. The number of nitrogens with one attached hydrogen (secondary N) is 1. The molecule has 1 rings (SSSR count). The van der Waals surface area contributed by atoms with Gasteiger partial charge in [0.2, 0.25) is 5.91 Å². The number of carbonyl (C=O) groups is 1. The summed E-state index contributed by atoms with van der Waals surface area (Å²) in [4.78, 5) is 10.9. The molecule has 0 spiro atoms. The zero-order chi connectivity index (χ0) is 12.2. The molecule has 0 aliphatic rings. The highest BCUT2D eigenvalue weighted by Crippen LogP contribution is 2.10. The molecule has 0 unspecified atom stereocenters. The van der Waals surface area contributed by atoms with Crippen LogP contribution in [0.15, 0.2) is 24.3 Å². The molecule has 88 valence electrons. The van der Waals surface area contributed by atoms with Crippen LogP contribution in [0.4, 0.5) is 4.39 Å². The normalized spacial score (nSPS) is 11.1. The summed E-state index contributed by atoms with van der Waals surface area (Å²) < 4.78 is 36.2. The van der Waals surface area contributed by atoms with Gasteiger partial charge in [-0.2, -0.15) is 0 Å². The van der Waals surface area contributed by atoms with E-state index in [2.05, 4.69) is 5.32 Å². The molecule has 0 radical (unpaired) electrons. The van der Waals surface area contributed by atoms with Gasteiger partial charge in [0.1, 0.15) is 11.6 Å². The zero-order valence-electron chi connectivity index (χ0n) is 8.73. The summed E-state index contributed by atoms with van der Waals surface area (Å²) in [5.41, 5.74) is 0.0754. The summed E-state index contributed by atoms with van der Waals surface area (Å²) in [5, 5.41) is 2.21. The lowest BCUT2D eigenvalue weighted by Crippen LogP contribution is -2.27. The number of benzene rings is 1. The molecule has 0 aromatic heterocycles. The van der Waals surface area contributed by atoms with E-state index < -0.39 is 33.1 Å². The summed E-state index contributed by atoms with van der Waals surface area (Å²) >= 11 is 0. The summed E-state index contributed by atoms with van der Waals surface area (Å²) in [5.74, 6) is -2.27. The summed E-state index contributed by atoms with van der Waals surface area (Å²) in [6.07, 6.45) is 0. The largest absolute Gasteiger partial charge is 0.358 e. The first-order valence-corrected chi connectivity index (χ1v) is 6.41. The summed E-state index contributed by atoms with van der Waals surface area (Å²) in [6, 6.07) is 5.60. The minimum atomic E-state index is -3.62. The van der Waals surface area contributed by atoms with E-state index in [9.17, 15) is 17.6 Å². The lowest BCUT2D eigenvalue weighted by molar-refractivity contribution is -0.118. The Hall–Kier alpha value is -1.43. The smallest absolute Gasteiger partial charge is 0.234 e. The third kappa shape index (κ3) is 3.62. The fourth-order valence-electron chi connectivity index (χ4n) is 1.18. The van der Waals surface area contributed by atoms with E-state index in [1.54, 1.807) is 6.07 Å². The Labute approximate surface area is 93.4 Å². The molecule has 1 N–H and O–H groups in total. The second-order valence-corrected chi connectivity index (χ2v) is 5.36. The molecular formula is C10H12FNO3S. The van der Waals surface area contributed by atoms with E-state index in [1.807, 2.05) is 0 Å². The van der Waals surface area contributed by atoms with Crippen LogP contribution in [0.1, 0.15) is 5.56 Å². The van der Waals surface area contributed by atoms with Crippen LogP contribution in [0.2, 0.25) is 0 Å². The van der Waals surface area contributed by atoms with Crippen molar-refractivity contribution in [3.8, 4) is 0 Å². The zero-order valence-corrected chi connectivity index (χ0v) is 9.55. The SMILES string of the molecule is CNC(=O)CS(=O)(=O)Cc1ccccc1F. The highest BCUT2D eigenvalue weighted by Gasteiger charge is 2.18. The Morgan fingerprint density at radius 2 is 2.00 bits per heavy atom. The third-order valence-electron chi connectivity index (χ3n) is 1.96. The van der Waals surface area contributed by atoms with Gasteiger partial charge >= 0.3 is 0 Å². The number of rotatable bonds is 4. The molecule has 4 nitrogen and oxygen atoms in total. The Kier molecular flexibility index (Phi) is 4.00. The maximum absolute atomic E-state index is 13.2. The molecule has 6 heteroatoms. The molecule has 1 aromatic carbocycles. The maximum atomic E-state index is 13.2. The Bertz CT molecular complexity index is 485. The van der Waals surface area contributed by atoms with Crippen LogP contribution in [0.3, 0.4) is 0 Å². The summed E-state index contributed by atoms with van der Waals surface area (Å²) in [7, 11) is -2.27. The lowest BCUT2D eigenvalue weighted by Gasteiger charge is -2.04. The lowest BCUT2D eigenvalue weighted by atomic mass is 10.2. The number of halogens is 1. The van der Waals surface area contributed by atoms with E-state index in [4.69, 9.17) is 0 Å². The van der Waals surface area contributed by atoms with Gasteiger partial charge in [0.25, 0.3) is 0 Å². The van der Waals surface area contributed by atoms with Crippen molar-refractivity contribution in [1.82, 2.24) is 5.32 Å². The van der Waals surface area contributed by atoms with Gasteiger partial charge in [0.15, 0.2) is 9.84 Å². The van der Waals surface area contributed by atoms with E-state index in [0.717, 1.165) is 0 Å². The molecular weight excluding hydrogens is 233 g/mol. The van der Waals surface area contributed by atoms with Gasteiger partial charge in [-0.3, -0.25) is 4.79 Å². The molecule has 0 aliphatic carbocycles. The fourth-order valence-corrected chi connectivity index (χ4v) is 2.53. The van der Waals surface area contributed by atoms with Gasteiger partial charge in [-0.05, 0) is 6.07 Å².